The van der Waals surface area contributed by atoms with Crippen molar-refractivity contribution in [2.45, 2.75) is 6.61 Å². The molecule has 1 aromatic heterocycles. The number of rotatable bonds is 3. The Morgan fingerprint density at radius 1 is 1.32 bits per heavy atom. The Labute approximate surface area is 116 Å². The predicted molar refractivity (Wildman–Crippen MR) is 69.2 cm³/mol. The average Bonchev–Trinajstić information content (AvgIpc) is 2.77. The van der Waals surface area contributed by atoms with Crippen LogP contribution in [0.1, 0.15) is 15.2 Å². The van der Waals surface area contributed by atoms with Crippen molar-refractivity contribution in [3.8, 4) is 0 Å². The normalized spacial score (nSPS) is 10.5. The van der Waals surface area contributed by atoms with Crippen LogP contribution in [0.4, 0.5) is 14.5 Å². The minimum Gasteiger partial charge on any atom is -0.456 e. The van der Waals surface area contributed by atoms with E-state index in [1.807, 2.05) is 0 Å². The van der Waals surface area contributed by atoms with Crippen LogP contribution in [-0.2, 0) is 11.3 Å². The van der Waals surface area contributed by atoms with Gasteiger partial charge in [0.25, 0.3) is 0 Å². The van der Waals surface area contributed by atoms with Gasteiger partial charge in [-0.1, -0.05) is 11.6 Å². The lowest BCUT2D eigenvalue weighted by Gasteiger charge is -2.06. The van der Waals surface area contributed by atoms with Crippen LogP contribution < -0.4 is 5.73 Å². The fourth-order valence-corrected chi connectivity index (χ4v) is 2.37. The summed E-state index contributed by atoms with van der Waals surface area (Å²) in [7, 11) is 0. The number of anilines is 1. The molecule has 100 valence electrons. The predicted octanol–water partition coefficient (Wildman–Crippen LogP) is 3.62. The van der Waals surface area contributed by atoms with Crippen molar-refractivity contribution in [2.75, 3.05) is 5.73 Å². The Balaban J connectivity index is 2.10. The maximum atomic E-state index is 13.4. The molecule has 0 amide bonds. The molecular weight excluding hydrogens is 296 g/mol. The summed E-state index contributed by atoms with van der Waals surface area (Å²) >= 11 is 6.96. The molecule has 0 bridgehead atoms. The molecule has 0 saturated carbocycles. The Hall–Kier alpha value is -1.66. The van der Waals surface area contributed by atoms with Gasteiger partial charge in [0, 0.05) is 10.9 Å². The Kier molecular flexibility index (Phi) is 4.01. The summed E-state index contributed by atoms with van der Waals surface area (Å²) in [5.41, 5.74) is 4.56. The standard InChI is InChI=1S/C12H8ClF2NO2S/c13-11-2-1-6(19-11)5-18-12(17)7-3-10(16)9(15)4-8(7)14/h1-4H,5,16H2. The van der Waals surface area contributed by atoms with Gasteiger partial charge in [-0.2, -0.15) is 0 Å². The number of halogens is 3. The van der Waals surface area contributed by atoms with E-state index in [2.05, 4.69) is 0 Å². The van der Waals surface area contributed by atoms with E-state index in [1.54, 1.807) is 12.1 Å². The Bertz CT molecular complexity index is 630. The number of hydrogen-bond donors (Lipinski definition) is 1. The van der Waals surface area contributed by atoms with Crippen molar-refractivity contribution < 1.29 is 18.3 Å². The second-order valence-electron chi connectivity index (χ2n) is 3.64. The third-order valence-electron chi connectivity index (χ3n) is 2.28. The molecular formula is C12H8ClF2NO2S. The highest BCUT2D eigenvalue weighted by Crippen LogP contribution is 2.23. The number of carbonyl (C=O) groups is 1. The third kappa shape index (κ3) is 3.21. The molecule has 0 saturated heterocycles. The maximum absolute atomic E-state index is 13.4. The number of hydrogen-bond acceptors (Lipinski definition) is 4. The molecule has 0 spiro atoms. The van der Waals surface area contributed by atoms with Crippen LogP contribution in [0.5, 0.6) is 0 Å². The van der Waals surface area contributed by atoms with Gasteiger partial charge in [-0.3, -0.25) is 0 Å². The highest BCUT2D eigenvalue weighted by Gasteiger charge is 2.16. The van der Waals surface area contributed by atoms with E-state index in [1.165, 1.54) is 11.3 Å². The van der Waals surface area contributed by atoms with E-state index in [9.17, 15) is 13.6 Å². The van der Waals surface area contributed by atoms with Gasteiger partial charge >= 0.3 is 5.97 Å². The van der Waals surface area contributed by atoms with Gasteiger partial charge in [-0.25, -0.2) is 13.6 Å². The van der Waals surface area contributed by atoms with Crippen LogP contribution in [-0.4, -0.2) is 5.97 Å². The SMILES string of the molecule is Nc1cc(C(=O)OCc2ccc(Cl)s2)c(F)cc1F. The number of ether oxygens (including phenoxy) is 1. The van der Waals surface area contributed by atoms with E-state index in [0.29, 0.717) is 15.3 Å². The topological polar surface area (TPSA) is 52.3 Å². The summed E-state index contributed by atoms with van der Waals surface area (Å²) in [5, 5.41) is 0. The number of thiophene rings is 1. The van der Waals surface area contributed by atoms with Crippen molar-refractivity contribution in [1.29, 1.82) is 0 Å². The molecule has 0 aliphatic rings. The van der Waals surface area contributed by atoms with Gasteiger partial charge in [0.15, 0.2) is 0 Å². The zero-order valence-corrected chi connectivity index (χ0v) is 11.0. The van der Waals surface area contributed by atoms with Gasteiger partial charge in [0.05, 0.1) is 15.6 Å². The molecule has 0 fully saturated rings. The quantitative estimate of drug-likeness (QED) is 0.696. The van der Waals surface area contributed by atoms with Crippen molar-refractivity contribution in [1.82, 2.24) is 0 Å². The van der Waals surface area contributed by atoms with Crippen molar-refractivity contribution in [3.63, 3.8) is 0 Å². The summed E-state index contributed by atoms with van der Waals surface area (Å²) < 4.78 is 31.8. The van der Waals surface area contributed by atoms with Gasteiger partial charge in [-0.05, 0) is 18.2 Å². The maximum Gasteiger partial charge on any atom is 0.341 e. The molecule has 7 heteroatoms. The van der Waals surface area contributed by atoms with Gasteiger partial charge in [0.1, 0.15) is 18.2 Å². The molecule has 0 aliphatic heterocycles. The van der Waals surface area contributed by atoms with Crippen LogP contribution >= 0.6 is 22.9 Å². The number of nitrogens with two attached hydrogens (primary N) is 1. The molecule has 3 nitrogen and oxygen atoms in total. The summed E-state index contributed by atoms with van der Waals surface area (Å²) in [6.07, 6.45) is 0. The minimum atomic E-state index is -1.01. The Morgan fingerprint density at radius 3 is 2.68 bits per heavy atom. The highest BCUT2D eigenvalue weighted by molar-refractivity contribution is 7.16. The zero-order chi connectivity index (χ0) is 14.0. The molecule has 2 rings (SSSR count). The fourth-order valence-electron chi connectivity index (χ4n) is 1.37. The average molecular weight is 304 g/mol. The minimum absolute atomic E-state index is 0.0348. The van der Waals surface area contributed by atoms with Crippen molar-refractivity contribution in [2.24, 2.45) is 0 Å². The van der Waals surface area contributed by atoms with Crippen molar-refractivity contribution >= 4 is 34.6 Å². The smallest absolute Gasteiger partial charge is 0.341 e. The summed E-state index contributed by atoms with van der Waals surface area (Å²) in [6, 6.07) is 4.81. The lowest BCUT2D eigenvalue weighted by molar-refractivity contribution is 0.0471. The van der Waals surface area contributed by atoms with E-state index in [-0.39, 0.29) is 12.3 Å². The second-order valence-corrected chi connectivity index (χ2v) is 5.44. The van der Waals surface area contributed by atoms with Gasteiger partial charge < -0.3 is 10.5 Å². The van der Waals surface area contributed by atoms with Crippen LogP contribution in [0.2, 0.25) is 4.34 Å². The summed E-state index contributed by atoms with van der Waals surface area (Å²) in [4.78, 5) is 12.4. The molecule has 0 aliphatic carbocycles. The van der Waals surface area contributed by atoms with E-state index >= 15 is 0 Å². The van der Waals surface area contributed by atoms with Gasteiger partial charge in [0.2, 0.25) is 0 Å². The summed E-state index contributed by atoms with van der Waals surface area (Å²) in [5.74, 6) is -2.84. The molecule has 2 aromatic rings. The molecule has 19 heavy (non-hydrogen) atoms. The van der Waals surface area contributed by atoms with E-state index in [0.717, 1.165) is 6.07 Å². The largest absolute Gasteiger partial charge is 0.456 e. The highest BCUT2D eigenvalue weighted by atomic mass is 35.5. The fraction of sp³-hybridized carbons (Fsp3) is 0.0833. The number of benzene rings is 1. The van der Waals surface area contributed by atoms with E-state index in [4.69, 9.17) is 22.1 Å². The molecule has 1 aromatic carbocycles. The lowest BCUT2D eigenvalue weighted by Crippen LogP contribution is -2.09. The first-order valence-corrected chi connectivity index (χ1v) is 6.32. The zero-order valence-electron chi connectivity index (χ0n) is 9.45. The van der Waals surface area contributed by atoms with Crippen LogP contribution in [0, 0.1) is 11.6 Å². The lowest BCUT2D eigenvalue weighted by atomic mass is 10.2. The number of carbonyl (C=O) groups excluding carboxylic acids is 1. The van der Waals surface area contributed by atoms with Crippen LogP contribution in [0.15, 0.2) is 24.3 Å². The third-order valence-corrected chi connectivity index (χ3v) is 3.49. The van der Waals surface area contributed by atoms with Crippen LogP contribution in [0.25, 0.3) is 0 Å². The molecule has 2 N–H and O–H groups in total. The molecule has 0 radical (unpaired) electrons. The second kappa shape index (κ2) is 5.54. The number of nitrogen functional groups attached to an aromatic ring is 1. The first-order chi connectivity index (χ1) is 8.97. The van der Waals surface area contributed by atoms with Gasteiger partial charge in [-0.15, -0.1) is 11.3 Å². The monoisotopic (exact) mass is 303 g/mol. The van der Waals surface area contributed by atoms with E-state index < -0.39 is 23.2 Å². The first kappa shape index (κ1) is 13.8. The molecule has 0 unspecified atom stereocenters. The number of esters is 1. The molecule has 1 heterocycles. The molecule has 0 atom stereocenters. The van der Waals surface area contributed by atoms with Crippen LogP contribution in [0.3, 0.4) is 0 Å². The first-order valence-electron chi connectivity index (χ1n) is 5.13. The Morgan fingerprint density at radius 2 is 2.05 bits per heavy atom. The summed E-state index contributed by atoms with van der Waals surface area (Å²) in [6.45, 7) is -0.0348. The van der Waals surface area contributed by atoms with Crippen molar-refractivity contribution in [3.05, 3.63) is 50.7 Å².